The molecule has 15 heavy (non-hydrogen) atoms. The van der Waals surface area contributed by atoms with Crippen LogP contribution in [0.25, 0.3) is 0 Å². The van der Waals surface area contributed by atoms with Gasteiger partial charge in [-0.25, -0.2) is 8.93 Å². The number of carbonyl (C=O) groups is 1. The number of carbonyl (C=O) groups excluding carboxylic acids is 1. The number of esters is 1. The first kappa shape index (κ1) is 14.6. The molecule has 0 heterocycles. The third kappa shape index (κ3) is 5.89. The normalized spacial score (nSPS) is 15.8. The summed E-state index contributed by atoms with van der Waals surface area (Å²) >= 11 is 0. The number of rotatable bonds is 5. The van der Waals surface area contributed by atoms with Crippen LogP contribution in [0.1, 0.15) is 40.5 Å². The molecule has 0 saturated heterocycles. The van der Waals surface area contributed by atoms with Crippen LogP contribution in [-0.2, 0) is 20.5 Å². The maximum absolute atomic E-state index is 11.8. The van der Waals surface area contributed by atoms with Gasteiger partial charge in [-0.15, -0.1) is 0 Å². The summed E-state index contributed by atoms with van der Waals surface area (Å²) in [6, 6.07) is -0.0856. The lowest BCUT2D eigenvalue weighted by molar-refractivity contribution is -0.141. The second-order valence-electron chi connectivity index (χ2n) is 4.38. The van der Waals surface area contributed by atoms with Crippen LogP contribution < -0.4 is 4.72 Å². The first-order valence-corrected chi connectivity index (χ1v) is 6.21. The van der Waals surface area contributed by atoms with Gasteiger partial charge in [-0.05, 0) is 27.2 Å². The van der Waals surface area contributed by atoms with E-state index < -0.39 is 11.0 Å². The van der Waals surface area contributed by atoms with E-state index in [-0.39, 0.29) is 23.2 Å². The molecule has 0 aromatic rings. The van der Waals surface area contributed by atoms with Crippen molar-refractivity contribution in [1.82, 2.24) is 4.72 Å². The third-order valence-corrected chi connectivity index (χ3v) is 3.62. The minimum atomic E-state index is -1.14. The fraction of sp³-hybridized carbons (Fsp3) is 0.900. The highest BCUT2D eigenvalue weighted by Gasteiger charge is 2.23. The molecule has 0 amide bonds. The van der Waals surface area contributed by atoms with Crippen molar-refractivity contribution in [3.8, 4) is 0 Å². The van der Waals surface area contributed by atoms with E-state index in [0.717, 1.165) is 6.42 Å². The molecule has 0 bridgehead atoms. The first-order chi connectivity index (χ1) is 6.81. The van der Waals surface area contributed by atoms with Crippen molar-refractivity contribution in [2.24, 2.45) is 0 Å². The van der Waals surface area contributed by atoms with Gasteiger partial charge in [-0.3, -0.25) is 4.79 Å². The molecule has 0 radical (unpaired) electrons. The quantitative estimate of drug-likeness (QED) is 0.732. The zero-order valence-corrected chi connectivity index (χ0v) is 10.9. The van der Waals surface area contributed by atoms with Crippen LogP contribution in [0.5, 0.6) is 0 Å². The van der Waals surface area contributed by atoms with Gasteiger partial charge in [0.25, 0.3) is 0 Å². The molecule has 90 valence electrons. The highest BCUT2D eigenvalue weighted by Crippen LogP contribution is 2.11. The summed E-state index contributed by atoms with van der Waals surface area (Å²) in [5.41, 5.74) is 0. The molecule has 0 spiro atoms. The molecule has 1 N–H and O–H groups in total. The van der Waals surface area contributed by atoms with Crippen molar-refractivity contribution in [2.75, 3.05) is 7.11 Å². The summed E-state index contributed by atoms with van der Waals surface area (Å²) in [5, 5.41) is 0. The number of hydrogen-bond acceptors (Lipinski definition) is 3. The van der Waals surface area contributed by atoms with Crippen molar-refractivity contribution in [3.63, 3.8) is 0 Å². The fourth-order valence-electron chi connectivity index (χ4n) is 0.882. The molecule has 2 unspecified atom stereocenters. The molecule has 0 aliphatic carbocycles. The van der Waals surface area contributed by atoms with E-state index in [4.69, 9.17) is 0 Å². The lowest BCUT2D eigenvalue weighted by Gasteiger charge is -2.22. The Bertz CT molecular complexity index is 235. The van der Waals surface area contributed by atoms with Crippen LogP contribution in [-0.4, -0.2) is 28.1 Å². The summed E-state index contributed by atoms with van der Waals surface area (Å²) in [6.07, 6.45) is 1.01. The van der Waals surface area contributed by atoms with Crippen molar-refractivity contribution in [1.29, 1.82) is 0 Å². The highest BCUT2D eigenvalue weighted by molar-refractivity contribution is 7.84. The minimum Gasteiger partial charge on any atom is -0.469 e. The Morgan fingerprint density at radius 2 is 2.00 bits per heavy atom. The molecular formula is C10H21NO3S. The number of methoxy groups -OCH3 is 1. The topological polar surface area (TPSA) is 55.4 Å². The van der Waals surface area contributed by atoms with E-state index in [9.17, 15) is 9.00 Å². The number of ether oxygens (including phenoxy) is 1. The largest absolute Gasteiger partial charge is 0.469 e. The molecule has 2 atom stereocenters. The second-order valence-corrected chi connectivity index (χ2v) is 6.38. The Hall–Kier alpha value is -0.420. The fourth-order valence-corrected chi connectivity index (χ4v) is 1.79. The molecule has 0 saturated carbocycles. The van der Waals surface area contributed by atoms with E-state index in [1.165, 1.54) is 7.11 Å². The molecule has 4 nitrogen and oxygen atoms in total. The average molecular weight is 235 g/mol. The SMILES string of the molecule is CCC(CC(=O)OC)NS(=O)C(C)(C)C. The lowest BCUT2D eigenvalue weighted by Crippen LogP contribution is -2.40. The Kier molecular flexibility index (Phi) is 6.05. The van der Waals surface area contributed by atoms with Gasteiger partial charge in [0.15, 0.2) is 0 Å². The molecular weight excluding hydrogens is 214 g/mol. The highest BCUT2D eigenvalue weighted by atomic mass is 32.2. The zero-order valence-electron chi connectivity index (χ0n) is 10.1. The predicted octanol–water partition coefficient (Wildman–Crippen LogP) is 1.38. The molecule has 0 aliphatic heterocycles. The van der Waals surface area contributed by atoms with Crippen molar-refractivity contribution < 1.29 is 13.7 Å². The third-order valence-electron chi connectivity index (χ3n) is 1.96. The average Bonchev–Trinajstić information content (AvgIpc) is 2.14. The molecule has 0 aromatic heterocycles. The number of nitrogens with one attached hydrogen (secondary N) is 1. The van der Waals surface area contributed by atoms with E-state index >= 15 is 0 Å². The summed E-state index contributed by atoms with van der Waals surface area (Å²) < 4.78 is 19.0. The molecule has 0 aliphatic rings. The molecule has 0 fully saturated rings. The standard InChI is InChI=1S/C10H21NO3S/c1-6-8(7-9(12)14-5)11-15(13)10(2,3)4/h8,11H,6-7H2,1-5H3. The van der Waals surface area contributed by atoms with Gasteiger partial charge in [-0.1, -0.05) is 6.92 Å². The van der Waals surface area contributed by atoms with Gasteiger partial charge in [0, 0.05) is 6.04 Å². The van der Waals surface area contributed by atoms with E-state index in [0.29, 0.717) is 0 Å². The zero-order chi connectivity index (χ0) is 12.1. The minimum absolute atomic E-state index is 0.0856. The number of hydrogen-bond donors (Lipinski definition) is 1. The summed E-state index contributed by atoms with van der Waals surface area (Å²) in [5.74, 6) is -0.278. The summed E-state index contributed by atoms with van der Waals surface area (Å²) in [4.78, 5) is 11.1. The first-order valence-electron chi connectivity index (χ1n) is 5.06. The summed E-state index contributed by atoms with van der Waals surface area (Å²) in [7, 11) is 0.213. The monoisotopic (exact) mass is 235 g/mol. The van der Waals surface area contributed by atoms with E-state index in [2.05, 4.69) is 9.46 Å². The smallest absolute Gasteiger partial charge is 0.307 e. The molecule has 5 heteroatoms. The predicted molar refractivity (Wildman–Crippen MR) is 61.7 cm³/mol. The van der Waals surface area contributed by atoms with E-state index in [1.54, 1.807) is 0 Å². The van der Waals surface area contributed by atoms with Crippen LogP contribution in [0.3, 0.4) is 0 Å². The molecule has 0 rings (SSSR count). The maximum atomic E-state index is 11.8. The Labute approximate surface area is 94.4 Å². The van der Waals surface area contributed by atoms with Crippen LogP contribution >= 0.6 is 0 Å². The summed E-state index contributed by atoms with van der Waals surface area (Å²) in [6.45, 7) is 7.61. The van der Waals surface area contributed by atoms with Gasteiger partial charge in [-0.2, -0.15) is 0 Å². The van der Waals surface area contributed by atoms with Crippen LogP contribution in [0, 0.1) is 0 Å². The van der Waals surface area contributed by atoms with Gasteiger partial charge in [0.05, 0.1) is 29.3 Å². The Balaban J connectivity index is 4.22. The van der Waals surface area contributed by atoms with Gasteiger partial charge in [0.1, 0.15) is 0 Å². The van der Waals surface area contributed by atoms with Gasteiger partial charge in [0.2, 0.25) is 0 Å². The van der Waals surface area contributed by atoms with Crippen LogP contribution in [0.15, 0.2) is 0 Å². The Morgan fingerprint density at radius 1 is 1.47 bits per heavy atom. The van der Waals surface area contributed by atoms with Crippen LogP contribution in [0.4, 0.5) is 0 Å². The molecule has 0 aromatic carbocycles. The van der Waals surface area contributed by atoms with E-state index in [1.807, 2.05) is 27.7 Å². The lowest BCUT2D eigenvalue weighted by atomic mass is 10.2. The van der Waals surface area contributed by atoms with Gasteiger partial charge < -0.3 is 4.74 Å². The maximum Gasteiger partial charge on any atom is 0.307 e. The van der Waals surface area contributed by atoms with Crippen molar-refractivity contribution in [2.45, 2.75) is 51.3 Å². The van der Waals surface area contributed by atoms with Crippen molar-refractivity contribution in [3.05, 3.63) is 0 Å². The Morgan fingerprint density at radius 3 is 2.33 bits per heavy atom. The van der Waals surface area contributed by atoms with Crippen molar-refractivity contribution >= 4 is 17.0 Å². The second kappa shape index (κ2) is 6.23. The van der Waals surface area contributed by atoms with Gasteiger partial charge >= 0.3 is 5.97 Å². The van der Waals surface area contributed by atoms with Crippen LogP contribution in [0.2, 0.25) is 0 Å².